The number of hydrogen-bond acceptors (Lipinski definition) is 4. The Morgan fingerprint density at radius 2 is 1.76 bits per heavy atom. The molecule has 1 atom stereocenters. The third-order valence-electron chi connectivity index (χ3n) is 2.85. The third kappa shape index (κ3) is 5.73. The van der Waals surface area contributed by atoms with Crippen LogP contribution in [0.25, 0.3) is 0 Å². The first-order valence-electron chi connectivity index (χ1n) is 7.22. The second-order valence-corrected chi connectivity index (χ2v) is 7.44. The van der Waals surface area contributed by atoms with Crippen LogP contribution in [0.2, 0.25) is 0 Å². The van der Waals surface area contributed by atoms with Crippen molar-refractivity contribution in [1.29, 1.82) is 0 Å². The van der Waals surface area contributed by atoms with Crippen LogP contribution in [-0.4, -0.2) is 46.4 Å². The Labute approximate surface area is 126 Å². The fraction of sp³-hybridized carbons (Fsp3) is 0.800. The lowest BCUT2D eigenvalue weighted by atomic mass is 9.99. The van der Waals surface area contributed by atoms with Crippen LogP contribution in [0, 0.1) is 0 Å². The lowest BCUT2D eigenvalue weighted by Gasteiger charge is -2.36. The van der Waals surface area contributed by atoms with Gasteiger partial charge in [0.2, 0.25) is 5.91 Å². The van der Waals surface area contributed by atoms with Gasteiger partial charge in [-0.1, -0.05) is 0 Å². The summed E-state index contributed by atoms with van der Waals surface area (Å²) >= 11 is 0. The highest BCUT2D eigenvalue weighted by atomic mass is 16.6. The number of rotatable bonds is 1. The summed E-state index contributed by atoms with van der Waals surface area (Å²) in [5.74, 6) is -0.304. The Morgan fingerprint density at radius 1 is 1.19 bits per heavy atom. The van der Waals surface area contributed by atoms with E-state index < -0.39 is 23.3 Å². The van der Waals surface area contributed by atoms with E-state index in [2.05, 4.69) is 5.32 Å². The van der Waals surface area contributed by atoms with Gasteiger partial charge < -0.3 is 10.1 Å². The van der Waals surface area contributed by atoms with Gasteiger partial charge in [0, 0.05) is 12.0 Å². The molecule has 21 heavy (non-hydrogen) atoms. The number of amides is 2. The van der Waals surface area contributed by atoms with Crippen LogP contribution in [-0.2, 0) is 14.3 Å². The Kier molecular flexibility index (Phi) is 5.02. The van der Waals surface area contributed by atoms with Crippen molar-refractivity contribution >= 4 is 17.8 Å². The van der Waals surface area contributed by atoms with Crippen LogP contribution in [0.5, 0.6) is 0 Å². The summed E-state index contributed by atoms with van der Waals surface area (Å²) in [6.07, 6.45) is 0.0197. The summed E-state index contributed by atoms with van der Waals surface area (Å²) in [6.45, 7) is 10.8. The molecule has 1 aliphatic rings. The molecule has 0 unspecified atom stereocenters. The van der Waals surface area contributed by atoms with Crippen LogP contribution in [0.15, 0.2) is 0 Å². The number of carbonyl (C=O) groups is 3. The van der Waals surface area contributed by atoms with E-state index in [0.717, 1.165) is 0 Å². The predicted octanol–water partition coefficient (Wildman–Crippen LogP) is 1.87. The molecule has 6 heteroatoms. The van der Waals surface area contributed by atoms with E-state index in [1.54, 1.807) is 20.8 Å². The van der Waals surface area contributed by atoms with Crippen LogP contribution in [0.3, 0.4) is 0 Å². The molecule has 0 saturated carbocycles. The molecule has 1 N–H and O–H groups in total. The number of carbonyl (C=O) groups excluding carboxylic acids is 3. The Balaban J connectivity index is 2.86. The minimum Gasteiger partial charge on any atom is -0.444 e. The monoisotopic (exact) mass is 298 g/mol. The molecule has 0 spiro atoms. The van der Waals surface area contributed by atoms with Gasteiger partial charge in [-0.25, -0.2) is 4.79 Å². The quantitative estimate of drug-likeness (QED) is 0.802. The maximum Gasteiger partial charge on any atom is 0.411 e. The largest absolute Gasteiger partial charge is 0.444 e. The number of nitrogens with one attached hydrogen (secondary N) is 1. The van der Waals surface area contributed by atoms with Gasteiger partial charge in [-0.3, -0.25) is 14.5 Å². The van der Waals surface area contributed by atoms with Gasteiger partial charge in [0.25, 0.3) is 0 Å². The molecule has 1 heterocycles. The van der Waals surface area contributed by atoms with Gasteiger partial charge >= 0.3 is 6.09 Å². The summed E-state index contributed by atoms with van der Waals surface area (Å²) in [5.41, 5.74) is -1.05. The van der Waals surface area contributed by atoms with E-state index in [4.69, 9.17) is 4.74 Å². The average molecular weight is 298 g/mol. The summed E-state index contributed by atoms with van der Waals surface area (Å²) in [6, 6.07) is -0.656. The van der Waals surface area contributed by atoms with E-state index >= 15 is 0 Å². The Morgan fingerprint density at radius 3 is 2.24 bits per heavy atom. The van der Waals surface area contributed by atoms with Crippen LogP contribution in [0.1, 0.15) is 54.4 Å². The van der Waals surface area contributed by atoms with Gasteiger partial charge in [0.15, 0.2) is 5.78 Å². The Bertz CT molecular complexity index is 432. The van der Waals surface area contributed by atoms with E-state index in [1.165, 1.54) is 4.90 Å². The highest BCUT2D eigenvalue weighted by molar-refractivity contribution is 5.92. The van der Waals surface area contributed by atoms with Crippen molar-refractivity contribution in [3.8, 4) is 0 Å². The SMILES string of the molecule is CC(C)(C)NC(=O)[C@@H]1CCC(=O)CN1C(=O)OC(C)(C)C. The van der Waals surface area contributed by atoms with Crippen molar-refractivity contribution in [3.05, 3.63) is 0 Å². The van der Waals surface area contributed by atoms with Gasteiger partial charge in [-0.2, -0.15) is 0 Å². The summed E-state index contributed by atoms with van der Waals surface area (Å²) in [7, 11) is 0. The average Bonchev–Trinajstić information content (AvgIpc) is 2.23. The first-order valence-corrected chi connectivity index (χ1v) is 7.22. The van der Waals surface area contributed by atoms with E-state index in [0.29, 0.717) is 12.8 Å². The molecule has 6 nitrogen and oxygen atoms in total. The Hall–Kier alpha value is -1.59. The number of hydrogen-bond donors (Lipinski definition) is 1. The first-order chi connectivity index (χ1) is 9.39. The van der Waals surface area contributed by atoms with E-state index in [9.17, 15) is 14.4 Å². The lowest BCUT2D eigenvalue weighted by Crippen LogP contribution is -2.57. The van der Waals surface area contributed by atoms with Crippen LogP contribution >= 0.6 is 0 Å². The number of piperidine rings is 1. The standard InChI is InChI=1S/C15H26N2O4/c1-14(2,3)16-12(19)11-8-7-10(18)9-17(11)13(20)21-15(4,5)6/h11H,7-9H2,1-6H3,(H,16,19)/t11-/m0/s1. The molecule has 120 valence electrons. The molecule has 2 amide bonds. The van der Waals surface area contributed by atoms with E-state index in [1.807, 2.05) is 20.8 Å². The lowest BCUT2D eigenvalue weighted by molar-refractivity contribution is -0.133. The number of Topliss-reactive ketones (excluding diaryl/α,β-unsaturated/α-hetero) is 1. The molecule has 0 aromatic heterocycles. The summed E-state index contributed by atoms with van der Waals surface area (Å²) in [4.78, 5) is 37.4. The maximum absolute atomic E-state index is 12.3. The van der Waals surface area contributed by atoms with Crippen molar-refractivity contribution in [3.63, 3.8) is 0 Å². The van der Waals surface area contributed by atoms with Crippen molar-refractivity contribution in [2.24, 2.45) is 0 Å². The first kappa shape index (κ1) is 17.5. The molecule has 0 aromatic carbocycles. The van der Waals surface area contributed by atoms with Crippen molar-refractivity contribution in [1.82, 2.24) is 10.2 Å². The second-order valence-electron chi connectivity index (χ2n) is 7.44. The number of likely N-dealkylation sites (tertiary alicyclic amines) is 1. The van der Waals surface area contributed by atoms with Crippen LogP contribution in [0.4, 0.5) is 4.79 Å². The number of ether oxygens (including phenoxy) is 1. The number of nitrogens with zero attached hydrogens (tertiary/aromatic N) is 1. The highest BCUT2D eigenvalue weighted by Crippen LogP contribution is 2.19. The third-order valence-corrected chi connectivity index (χ3v) is 2.85. The smallest absolute Gasteiger partial charge is 0.411 e. The predicted molar refractivity (Wildman–Crippen MR) is 78.9 cm³/mol. The molecule has 0 radical (unpaired) electrons. The molecule has 0 aliphatic carbocycles. The molecule has 1 rings (SSSR count). The zero-order valence-electron chi connectivity index (χ0n) is 13.8. The topological polar surface area (TPSA) is 75.7 Å². The maximum atomic E-state index is 12.3. The van der Waals surface area contributed by atoms with Gasteiger partial charge in [0.05, 0.1) is 6.54 Å². The van der Waals surface area contributed by atoms with Crippen molar-refractivity contribution < 1.29 is 19.1 Å². The fourth-order valence-corrected chi connectivity index (χ4v) is 2.07. The molecule has 1 aliphatic heterocycles. The molecular weight excluding hydrogens is 272 g/mol. The van der Waals surface area contributed by atoms with Crippen molar-refractivity contribution in [2.45, 2.75) is 71.6 Å². The number of ketones is 1. The molecule has 0 bridgehead atoms. The zero-order chi connectivity index (χ0) is 16.4. The van der Waals surface area contributed by atoms with Gasteiger partial charge in [0.1, 0.15) is 11.6 Å². The molecular formula is C15H26N2O4. The summed E-state index contributed by atoms with van der Waals surface area (Å²) in [5, 5.41) is 2.85. The fourth-order valence-electron chi connectivity index (χ4n) is 2.07. The molecule has 1 fully saturated rings. The van der Waals surface area contributed by atoms with Gasteiger partial charge in [-0.05, 0) is 48.0 Å². The van der Waals surface area contributed by atoms with Crippen molar-refractivity contribution in [2.75, 3.05) is 6.54 Å². The summed E-state index contributed by atoms with van der Waals surface area (Å²) < 4.78 is 5.29. The van der Waals surface area contributed by atoms with Gasteiger partial charge in [-0.15, -0.1) is 0 Å². The minimum absolute atomic E-state index is 0.0549. The van der Waals surface area contributed by atoms with Crippen LogP contribution < -0.4 is 5.32 Å². The molecule has 1 saturated heterocycles. The zero-order valence-corrected chi connectivity index (χ0v) is 13.8. The normalized spacial score (nSPS) is 20.2. The van der Waals surface area contributed by atoms with E-state index in [-0.39, 0.29) is 18.2 Å². The highest BCUT2D eigenvalue weighted by Gasteiger charge is 2.38. The second kappa shape index (κ2) is 6.03. The minimum atomic E-state index is -0.664. The molecule has 0 aromatic rings.